The third kappa shape index (κ3) is 3.64. The molecule has 1 aromatic heterocycles. The highest BCUT2D eigenvalue weighted by atomic mass is 16.6. The summed E-state index contributed by atoms with van der Waals surface area (Å²) in [6, 6.07) is 0.0889. The van der Waals surface area contributed by atoms with Gasteiger partial charge in [-0.05, 0) is 27.2 Å². The number of carbonyl (C=O) groups excluding carboxylic acids is 1. The summed E-state index contributed by atoms with van der Waals surface area (Å²) in [5.41, 5.74) is 0.368. The van der Waals surface area contributed by atoms with E-state index in [2.05, 4.69) is 20.9 Å². The topological polar surface area (TPSA) is 90.3 Å². The molecule has 0 aromatic carbocycles. The Morgan fingerprint density at radius 2 is 2.26 bits per heavy atom. The van der Waals surface area contributed by atoms with Crippen LogP contribution in [0.2, 0.25) is 0 Å². The van der Waals surface area contributed by atoms with E-state index in [4.69, 9.17) is 9.47 Å². The van der Waals surface area contributed by atoms with E-state index in [1.165, 1.54) is 0 Å². The number of carbonyl (C=O) groups is 1. The van der Waals surface area contributed by atoms with Gasteiger partial charge in [0.1, 0.15) is 5.60 Å². The first-order valence-electron chi connectivity index (χ1n) is 8.03. The average molecular weight is 323 g/mol. The largest absolute Gasteiger partial charge is 0.444 e. The fourth-order valence-electron chi connectivity index (χ4n) is 3.29. The van der Waals surface area contributed by atoms with Gasteiger partial charge in [0.15, 0.2) is 0 Å². The number of fused-ring (bicyclic) bond motifs is 1. The molecular formula is C15H25N5O3. The summed E-state index contributed by atoms with van der Waals surface area (Å²) in [4.78, 5) is 12.0. The molecule has 1 aromatic rings. The predicted molar refractivity (Wildman–Crippen MR) is 82.6 cm³/mol. The van der Waals surface area contributed by atoms with Crippen LogP contribution in [0.5, 0.6) is 0 Å². The number of hydrogen-bond acceptors (Lipinski definition) is 6. The highest BCUT2D eigenvalue weighted by molar-refractivity contribution is 5.68. The number of rotatable bonds is 4. The molecule has 2 aliphatic rings. The zero-order chi connectivity index (χ0) is 16.6. The molecule has 4 unspecified atom stereocenters. The van der Waals surface area contributed by atoms with Gasteiger partial charge in [-0.3, -0.25) is 4.68 Å². The van der Waals surface area contributed by atoms with E-state index in [0.29, 0.717) is 12.5 Å². The molecule has 0 spiro atoms. The molecule has 1 aliphatic heterocycles. The number of aryl methyl sites for hydroxylation is 1. The van der Waals surface area contributed by atoms with Crippen LogP contribution in [0.4, 0.5) is 4.79 Å². The molecule has 3 rings (SSSR count). The maximum Gasteiger partial charge on any atom is 0.407 e. The molecule has 23 heavy (non-hydrogen) atoms. The van der Waals surface area contributed by atoms with Crippen LogP contribution >= 0.6 is 0 Å². The first-order chi connectivity index (χ1) is 10.8. The van der Waals surface area contributed by atoms with Gasteiger partial charge in [0.2, 0.25) is 0 Å². The van der Waals surface area contributed by atoms with Crippen LogP contribution in [0.3, 0.4) is 0 Å². The van der Waals surface area contributed by atoms with Crippen molar-refractivity contribution < 1.29 is 14.3 Å². The Morgan fingerprint density at radius 3 is 2.91 bits per heavy atom. The fourth-order valence-corrected chi connectivity index (χ4v) is 3.29. The first-order valence-corrected chi connectivity index (χ1v) is 8.03. The molecule has 8 nitrogen and oxygen atoms in total. The van der Waals surface area contributed by atoms with Crippen LogP contribution in [0, 0.1) is 5.92 Å². The normalized spacial score (nSPS) is 29.7. The first kappa shape index (κ1) is 16.2. The van der Waals surface area contributed by atoms with E-state index in [1.54, 1.807) is 4.68 Å². The summed E-state index contributed by atoms with van der Waals surface area (Å²) in [5.74, 6) is 0.349. The van der Waals surface area contributed by atoms with Crippen molar-refractivity contribution in [1.29, 1.82) is 0 Å². The van der Waals surface area contributed by atoms with E-state index in [9.17, 15) is 4.79 Å². The minimum absolute atomic E-state index is 0.0222. The van der Waals surface area contributed by atoms with Crippen LogP contribution in [0.15, 0.2) is 6.20 Å². The van der Waals surface area contributed by atoms with Crippen LogP contribution in [0.1, 0.15) is 32.9 Å². The standard InChI is InChI=1S/C15H25N5O3/c1-15(2,3)23-14(21)17-11-10-5-6-22-13(10)12(11)16-7-9-8-20(4)19-18-9/h8,10-13,16H,5-7H2,1-4H3,(H,17,21). The number of ether oxygens (including phenoxy) is 2. The van der Waals surface area contributed by atoms with Crippen LogP contribution < -0.4 is 10.6 Å². The third-order valence-electron chi connectivity index (χ3n) is 4.24. The maximum absolute atomic E-state index is 12.0. The monoisotopic (exact) mass is 323 g/mol. The molecule has 1 saturated heterocycles. The van der Waals surface area contributed by atoms with Crippen LogP contribution in [-0.4, -0.2) is 51.5 Å². The highest BCUT2D eigenvalue weighted by Crippen LogP contribution is 2.39. The van der Waals surface area contributed by atoms with Gasteiger partial charge in [0.25, 0.3) is 0 Å². The van der Waals surface area contributed by atoms with E-state index in [1.807, 2.05) is 34.0 Å². The number of alkyl carbamates (subject to hydrolysis) is 1. The summed E-state index contributed by atoms with van der Waals surface area (Å²) < 4.78 is 12.8. The Balaban J connectivity index is 1.57. The Bertz CT molecular complexity index is 568. The molecule has 1 saturated carbocycles. The van der Waals surface area contributed by atoms with Crippen molar-refractivity contribution in [1.82, 2.24) is 25.6 Å². The number of hydrogen-bond donors (Lipinski definition) is 2. The second kappa shape index (κ2) is 6.09. The second-order valence-electron chi connectivity index (χ2n) is 7.25. The van der Waals surface area contributed by atoms with Crippen molar-refractivity contribution in [3.8, 4) is 0 Å². The Morgan fingerprint density at radius 1 is 1.48 bits per heavy atom. The van der Waals surface area contributed by atoms with Crippen molar-refractivity contribution in [2.75, 3.05) is 6.61 Å². The smallest absolute Gasteiger partial charge is 0.407 e. The van der Waals surface area contributed by atoms with E-state index >= 15 is 0 Å². The molecule has 2 fully saturated rings. The van der Waals surface area contributed by atoms with Crippen molar-refractivity contribution in [3.63, 3.8) is 0 Å². The average Bonchev–Trinajstić information content (AvgIpc) is 3.02. The van der Waals surface area contributed by atoms with Gasteiger partial charge < -0.3 is 20.1 Å². The van der Waals surface area contributed by atoms with Gasteiger partial charge in [0, 0.05) is 32.3 Å². The van der Waals surface area contributed by atoms with E-state index in [-0.39, 0.29) is 24.3 Å². The SMILES string of the molecule is Cn1cc(CNC2C(NC(=O)OC(C)(C)C)C3CCOC32)nn1. The molecule has 4 atom stereocenters. The summed E-state index contributed by atoms with van der Waals surface area (Å²) >= 11 is 0. The summed E-state index contributed by atoms with van der Waals surface area (Å²) in [5, 5.41) is 14.4. The van der Waals surface area contributed by atoms with Gasteiger partial charge in [-0.25, -0.2) is 4.79 Å². The Kier molecular flexibility index (Phi) is 4.29. The molecule has 1 amide bonds. The van der Waals surface area contributed by atoms with Gasteiger partial charge in [0.05, 0.1) is 23.9 Å². The number of nitrogens with one attached hydrogen (secondary N) is 2. The van der Waals surface area contributed by atoms with Gasteiger partial charge in [-0.1, -0.05) is 5.21 Å². The zero-order valence-electron chi connectivity index (χ0n) is 14.1. The van der Waals surface area contributed by atoms with Crippen LogP contribution in [-0.2, 0) is 23.1 Å². The van der Waals surface area contributed by atoms with Crippen molar-refractivity contribution in [2.24, 2.45) is 13.0 Å². The highest BCUT2D eigenvalue weighted by Gasteiger charge is 2.54. The van der Waals surface area contributed by atoms with Crippen molar-refractivity contribution in [2.45, 2.75) is 57.5 Å². The van der Waals surface area contributed by atoms with Gasteiger partial charge in [-0.2, -0.15) is 0 Å². The van der Waals surface area contributed by atoms with Gasteiger partial charge in [-0.15, -0.1) is 5.10 Å². The summed E-state index contributed by atoms with van der Waals surface area (Å²) in [6.45, 7) is 6.92. The van der Waals surface area contributed by atoms with E-state index < -0.39 is 5.60 Å². The lowest BCUT2D eigenvalue weighted by atomic mass is 9.71. The number of nitrogens with zero attached hydrogens (tertiary/aromatic N) is 3. The molecule has 0 bridgehead atoms. The third-order valence-corrected chi connectivity index (χ3v) is 4.24. The van der Waals surface area contributed by atoms with E-state index in [0.717, 1.165) is 18.7 Å². The second-order valence-corrected chi connectivity index (χ2v) is 7.25. The molecule has 0 radical (unpaired) electrons. The zero-order valence-corrected chi connectivity index (χ0v) is 14.1. The minimum atomic E-state index is -0.498. The molecule has 2 heterocycles. The van der Waals surface area contributed by atoms with Gasteiger partial charge >= 0.3 is 6.09 Å². The Labute approximate surface area is 135 Å². The summed E-state index contributed by atoms with van der Waals surface area (Å²) in [7, 11) is 1.84. The molecular weight excluding hydrogens is 298 g/mol. The number of aromatic nitrogens is 3. The maximum atomic E-state index is 12.0. The fraction of sp³-hybridized carbons (Fsp3) is 0.800. The summed E-state index contributed by atoms with van der Waals surface area (Å²) in [6.07, 6.45) is 2.61. The quantitative estimate of drug-likeness (QED) is 0.843. The molecule has 1 aliphatic carbocycles. The lowest BCUT2D eigenvalue weighted by Gasteiger charge is -2.48. The molecule has 128 valence electrons. The Hall–Kier alpha value is -1.67. The van der Waals surface area contributed by atoms with Crippen molar-refractivity contribution in [3.05, 3.63) is 11.9 Å². The predicted octanol–water partition coefficient (Wildman–Crippen LogP) is 0.585. The lowest BCUT2D eigenvalue weighted by Crippen LogP contribution is -2.70. The number of amides is 1. The van der Waals surface area contributed by atoms with Crippen LogP contribution in [0.25, 0.3) is 0 Å². The molecule has 8 heteroatoms. The molecule has 2 N–H and O–H groups in total. The minimum Gasteiger partial charge on any atom is -0.444 e. The van der Waals surface area contributed by atoms with Crippen molar-refractivity contribution >= 4 is 6.09 Å². The lowest BCUT2D eigenvalue weighted by molar-refractivity contribution is -0.0345.